The van der Waals surface area contributed by atoms with Crippen molar-refractivity contribution in [2.45, 2.75) is 12.6 Å². The van der Waals surface area contributed by atoms with Gasteiger partial charge in [-0.1, -0.05) is 0 Å². The number of rotatable bonds is 7. The number of nitrogen functional groups attached to an aromatic ring is 1. The Labute approximate surface area is 125 Å². The second-order valence-electron chi connectivity index (χ2n) is 4.20. The number of methoxy groups -OCH3 is 1. The topological polar surface area (TPSA) is 64.3 Å². The van der Waals surface area contributed by atoms with E-state index in [-0.39, 0.29) is 23.7 Å². The molecule has 0 saturated heterocycles. The molecule has 0 atom stereocenters. The maximum Gasteiger partial charge on any atom is 0.416 e. The van der Waals surface area contributed by atoms with Crippen molar-refractivity contribution in [3.63, 3.8) is 0 Å². The van der Waals surface area contributed by atoms with Crippen LogP contribution in [0.3, 0.4) is 0 Å². The van der Waals surface area contributed by atoms with Crippen molar-refractivity contribution in [3.05, 3.63) is 23.8 Å². The zero-order chi connectivity index (χ0) is 15.9. The summed E-state index contributed by atoms with van der Waals surface area (Å²) in [6.07, 6.45) is -4.19. The highest BCUT2D eigenvalue weighted by molar-refractivity contribution is 7.99. The van der Waals surface area contributed by atoms with Crippen LogP contribution in [0.4, 0.5) is 24.5 Å². The molecule has 0 aromatic heterocycles. The molecule has 1 aromatic carbocycles. The van der Waals surface area contributed by atoms with Gasteiger partial charge in [0.2, 0.25) is 5.91 Å². The maximum atomic E-state index is 12.5. The first kappa shape index (κ1) is 17.6. The standard InChI is InChI=1S/C13H17F3N2O2S/c1-20-5-7-21-6-4-12(19)18-11-3-2-9(8-10(11)17)13(14,15)16/h2-3,8H,4-7,17H2,1H3,(H,18,19). The number of hydrogen-bond acceptors (Lipinski definition) is 4. The van der Waals surface area contributed by atoms with Crippen molar-refractivity contribution in [3.8, 4) is 0 Å². The van der Waals surface area contributed by atoms with E-state index in [2.05, 4.69) is 5.32 Å². The highest BCUT2D eigenvalue weighted by atomic mass is 32.2. The van der Waals surface area contributed by atoms with Crippen molar-refractivity contribution in [2.24, 2.45) is 0 Å². The molecule has 4 nitrogen and oxygen atoms in total. The largest absolute Gasteiger partial charge is 0.416 e. The molecule has 0 spiro atoms. The summed E-state index contributed by atoms with van der Waals surface area (Å²) >= 11 is 1.56. The van der Waals surface area contributed by atoms with Crippen molar-refractivity contribution in [2.75, 3.05) is 36.3 Å². The molecule has 0 radical (unpaired) electrons. The van der Waals surface area contributed by atoms with Gasteiger partial charge in [-0.3, -0.25) is 4.79 Å². The first-order valence-corrected chi connectivity index (χ1v) is 7.33. The normalized spacial score (nSPS) is 11.4. The van der Waals surface area contributed by atoms with E-state index < -0.39 is 11.7 Å². The Kier molecular flexibility index (Phi) is 6.83. The van der Waals surface area contributed by atoms with Gasteiger partial charge in [-0.25, -0.2) is 0 Å². The molecule has 0 saturated carbocycles. The first-order chi connectivity index (χ1) is 9.84. The number of alkyl halides is 3. The third-order valence-corrected chi connectivity index (χ3v) is 3.51. The maximum absolute atomic E-state index is 12.5. The molecule has 0 bridgehead atoms. The van der Waals surface area contributed by atoms with Gasteiger partial charge in [-0.15, -0.1) is 0 Å². The molecule has 21 heavy (non-hydrogen) atoms. The molecule has 1 rings (SSSR count). The molecule has 8 heteroatoms. The summed E-state index contributed by atoms with van der Waals surface area (Å²) in [7, 11) is 1.60. The van der Waals surface area contributed by atoms with Gasteiger partial charge < -0.3 is 15.8 Å². The Morgan fingerprint density at radius 3 is 2.67 bits per heavy atom. The fraction of sp³-hybridized carbons (Fsp3) is 0.462. The lowest BCUT2D eigenvalue weighted by molar-refractivity contribution is -0.137. The van der Waals surface area contributed by atoms with Gasteiger partial charge in [0, 0.05) is 25.0 Å². The van der Waals surface area contributed by atoms with Crippen LogP contribution in [0.25, 0.3) is 0 Å². The van der Waals surface area contributed by atoms with Crippen LogP contribution < -0.4 is 11.1 Å². The zero-order valence-electron chi connectivity index (χ0n) is 11.5. The van der Waals surface area contributed by atoms with Gasteiger partial charge in [0.05, 0.1) is 23.5 Å². The van der Waals surface area contributed by atoms with Gasteiger partial charge >= 0.3 is 6.18 Å². The molecule has 1 amide bonds. The monoisotopic (exact) mass is 322 g/mol. The van der Waals surface area contributed by atoms with E-state index in [9.17, 15) is 18.0 Å². The van der Waals surface area contributed by atoms with Crippen LogP contribution in [-0.4, -0.2) is 31.1 Å². The number of amides is 1. The average molecular weight is 322 g/mol. The average Bonchev–Trinajstić information content (AvgIpc) is 2.39. The second kappa shape index (κ2) is 8.14. The molecule has 118 valence electrons. The van der Waals surface area contributed by atoms with E-state index >= 15 is 0 Å². The van der Waals surface area contributed by atoms with E-state index in [1.54, 1.807) is 18.9 Å². The number of benzene rings is 1. The predicted octanol–water partition coefficient (Wildman–Crippen LogP) is 3.00. The van der Waals surface area contributed by atoms with Crippen molar-refractivity contribution in [1.29, 1.82) is 0 Å². The van der Waals surface area contributed by atoms with Crippen LogP contribution in [0.2, 0.25) is 0 Å². The van der Waals surface area contributed by atoms with Crippen LogP contribution >= 0.6 is 11.8 Å². The lowest BCUT2D eigenvalue weighted by Crippen LogP contribution is -2.14. The zero-order valence-corrected chi connectivity index (χ0v) is 12.3. The summed E-state index contributed by atoms with van der Waals surface area (Å²) in [5, 5.41) is 2.50. The molecule has 0 aliphatic carbocycles. The minimum absolute atomic E-state index is 0.106. The van der Waals surface area contributed by atoms with Crippen LogP contribution in [0.15, 0.2) is 18.2 Å². The molecule has 3 N–H and O–H groups in total. The first-order valence-electron chi connectivity index (χ1n) is 6.18. The molecule has 1 aromatic rings. The molecule has 0 aliphatic heterocycles. The molecule has 0 heterocycles. The lowest BCUT2D eigenvalue weighted by Gasteiger charge is -2.11. The number of nitrogens with one attached hydrogen (secondary N) is 1. The summed E-state index contributed by atoms with van der Waals surface area (Å²) in [6, 6.07) is 2.86. The molecule has 0 fully saturated rings. The molecule has 0 aliphatic rings. The van der Waals surface area contributed by atoms with Gasteiger partial charge in [0.1, 0.15) is 0 Å². The molecule has 0 unspecified atom stereocenters. The van der Waals surface area contributed by atoms with E-state index in [1.807, 2.05) is 0 Å². The van der Waals surface area contributed by atoms with Gasteiger partial charge in [0.15, 0.2) is 0 Å². The van der Waals surface area contributed by atoms with Crippen LogP contribution in [0.1, 0.15) is 12.0 Å². The van der Waals surface area contributed by atoms with E-state index in [4.69, 9.17) is 10.5 Å². The summed E-state index contributed by atoms with van der Waals surface area (Å²) in [4.78, 5) is 11.6. The van der Waals surface area contributed by atoms with Crippen LogP contribution in [0, 0.1) is 0 Å². The number of anilines is 2. The fourth-order valence-corrected chi connectivity index (χ4v) is 2.29. The Balaban J connectivity index is 2.49. The summed E-state index contributed by atoms with van der Waals surface area (Å²) in [5.41, 5.74) is 4.77. The van der Waals surface area contributed by atoms with Crippen LogP contribution in [0.5, 0.6) is 0 Å². The SMILES string of the molecule is COCCSCCC(=O)Nc1ccc(C(F)(F)F)cc1N. The van der Waals surface area contributed by atoms with Gasteiger partial charge in [-0.05, 0) is 18.2 Å². The highest BCUT2D eigenvalue weighted by Gasteiger charge is 2.30. The number of thioether (sulfide) groups is 1. The summed E-state index contributed by atoms with van der Waals surface area (Å²) < 4.78 is 42.3. The van der Waals surface area contributed by atoms with Gasteiger partial charge in [-0.2, -0.15) is 24.9 Å². The number of carbonyl (C=O) groups is 1. The van der Waals surface area contributed by atoms with E-state index in [1.165, 1.54) is 0 Å². The number of nitrogens with two attached hydrogens (primary N) is 1. The fourth-order valence-electron chi connectivity index (χ4n) is 1.47. The minimum atomic E-state index is -4.45. The third-order valence-electron chi connectivity index (χ3n) is 2.56. The van der Waals surface area contributed by atoms with Crippen molar-refractivity contribution >= 4 is 29.0 Å². The second-order valence-corrected chi connectivity index (χ2v) is 5.43. The van der Waals surface area contributed by atoms with Gasteiger partial charge in [0.25, 0.3) is 0 Å². The predicted molar refractivity (Wildman–Crippen MR) is 78.3 cm³/mol. The third kappa shape index (κ3) is 6.26. The molecular weight excluding hydrogens is 305 g/mol. The number of carbonyl (C=O) groups excluding carboxylic acids is 1. The van der Waals surface area contributed by atoms with Crippen molar-refractivity contribution < 1.29 is 22.7 Å². The van der Waals surface area contributed by atoms with E-state index in [0.717, 1.165) is 24.0 Å². The minimum Gasteiger partial charge on any atom is -0.397 e. The smallest absolute Gasteiger partial charge is 0.397 e. The van der Waals surface area contributed by atoms with Crippen molar-refractivity contribution in [1.82, 2.24) is 0 Å². The Morgan fingerprint density at radius 2 is 2.10 bits per heavy atom. The number of halogens is 3. The summed E-state index contributed by atoms with van der Waals surface area (Å²) in [5.74, 6) is 1.11. The number of hydrogen-bond donors (Lipinski definition) is 2. The lowest BCUT2D eigenvalue weighted by atomic mass is 10.1. The highest BCUT2D eigenvalue weighted by Crippen LogP contribution is 2.32. The quantitative estimate of drug-likeness (QED) is 0.598. The molecular formula is C13H17F3N2O2S. The Bertz CT molecular complexity index is 481. The summed E-state index contributed by atoms with van der Waals surface area (Å²) in [6.45, 7) is 0.609. The van der Waals surface area contributed by atoms with E-state index in [0.29, 0.717) is 12.4 Å². The number of ether oxygens (including phenoxy) is 1. The Hall–Kier alpha value is -1.41. The van der Waals surface area contributed by atoms with Crippen LogP contribution in [-0.2, 0) is 15.7 Å². The Morgan fingerprint density at radius 1 is 1.38 bits per heavy atom.